The highest BCUT2D eigenvalue weighted by Crippen LogP contribution is 2.11. The van der Waals surface area contributed by atoms with Crippen molar-refractivity contribution in [3.05, 3.63) is 29.8 Å². The fraction of sp³-hybridized carbons (Fsp3) is 0.200. The minimum Gasteiger partial charge on any atom is -0.508 e. The van der Waals surface area contributed by atoms with Crippen LogP contribution in [0.4, 0.5) is 0 Å². The number of rotatable bonds is 3. The lowest BCUT2D eigenvalue weighted by Gasteiger charge is -1.97. The molecule has 0 saturated heterocycles. The van der Waals surface area contributed by atoms with Gasteiger partial charge in [-0.2, -0.15) is 5.26 Å². The quantitative estimate of drug-likeness (QED) is 0.713. The van der Waals surface area contributed by atoms with Crippen LogP contribution in [0, 0.1) is 11.3 Å². The maximum absolute atomic E-state index is 11.3. The zero-order valence-electron chi connectivity index (χ0n) is 7.03. The largest absolute Gasteiger partial charge is 0.508 e. The summed E-state index contributed by atoms with van der Waals surface area (Å²) in [5.41, 5.74) is 0.535. The van der Waals surface area contributed by atoms with Crippen LogP contribution in [0.5, 0.6) is 5.75 Å². The Morgan fingerprint density at radius 3 is 2.54 bits per heavy atom. The number of aromatic hydroxyl groups is 1. The van der Waals surface area contributed by atoms with Crippen molar-refractivity contribution in [3.63, 3.8) is 0 Å². The Kier molecular flexibility index (Phi) is 3.04. The van der Waals surface area contributed by atoms with E-state index in [2.05, 4.69) is 0 Å². The number of carbonyl (C=O) groups excluding carboxylic acids is 1. The number of ketones is 1. The summed E-state index contributed by atoms with van der Waals surface area (Å²) in [5.74, 6) is 0.0679. The van der Waals surface area contributed by atoms with Crippen LogP contribution in [0.1, 0.15) is 23.2 Å². The van der Waals surface area contributed by atoms with Crippen LogP contribution in [-0.2, 0) is 0 Å². The third-order valence-electron chi connectivity index (χ3n) is 1.65. The van der Waals surface area contributed by atoms with Gasteiger partial charge in [0.25, 0.3) is 0 Å². The molecule has 0 aliphatic rings. The monoisotopic (exact) mass is 175 g/mol. The summed E-state index contributed by atoms with van der Waals surface area (Å²) in [6.07, 6.45) is 0.473. The SMILES string of the molecule is N#CCCC(=O)c1ccc(O)cc1. The molecule has 1 aromatic carbocycles. The smallest absolute Gasteiger partial charge is 0.163 e. The van der Waals surface area contributed by atoms with E-state index in [0.29, 0.717) is 5.56 Å². The van der Waals surface area contributed by atoms with Crippen LogP contribution in [0.3, 0.4) is 0 Å². The second-order valence-corrected chi connectivity index (χ2v) is 2.63. The highest BCUT2D eigenvalue weighted by molar-refractivity contribution is 5.96. The molecule has 0 saturated carbocycles. The third kappa shape index (κ3) is 2.60. The molecular weight excluding hydrogens is 166 g/mol. The van der Waals surface area contributed by atoms with E-state index in [-0.39, 0.29) is 24.4 Å². The molecule has 0 aliphatic heterocycles. The van der Waals surface area contributed by atoms with Crippen LogP contribution in [0.2, 0.25) is 0 Å². The summed E-state index contributed by atoms with van der Waals surface area (Å²) >= 11 is 0. The number of hydrogen-bond acceptors (Lipinski definition) is 3. The summed E-state index contributed by atoms with van der Waals surface area (Å²) in [6, 6.07) is 7.93. The Morgan fingerprint density at radius 1 is 1.38 bits per heavy atom. The maximum Gasteiger partial charge on any atom is 0.163 e. The van der Waals surface area contributed by atoms with Crippen molar-refractivity contribution in [2.45, 2.75) is 12.8 Å². The lowest BCUT2D eigenvalue weighted by Crippen LogP contribution is -1.97. The van der Waals surface area contributed by atoms with Gasteiger partial charge in [-0.1, -0.05) is 0 Å². The second kappa shape index (κ2) is 4.27. The number of phenols is 1. The molecular formula is C10H9NO2. The molecule has 0 bridgehead atoms. The topological polar surface area (TPSA) is 61.1 Å². The number of hydrogen-bond donors (Lipinski definition) is 1. The Hall–Kier alpha value is -1.82. The van der Waals surface area contributed by atoms with Crippen molar-refractivity contribution in [2.75, 3.05) is 0 Å². The first-order chi connectivity index (χ1) is 6.24. The Morgan fingerprint density at radius 2 is 2.00 bits per heavy atom. The molecule has 1 rings (SSSR count). The lowest BCUT2D eigenvalue weighted by molar-refractivity contribution is 0.0984. The highest BCUT2D eigenvalue weighted by atomic mass is 16.3. The van der Waals surface area contributed by atoms with Gasteiger partial charge in [-0.25, -0.2) is 0 Å². The van der Waals surface area contributed by atoms with Gasteiger partial charge in [0.1, 0.15) is 5.75 Å². The first-order valence-corrected chi connectivity index (χ1v) is 3.93. The van der Waals surface area contributed by atoms with E-state index >= 15 is 0 Å². The van der Waals surface area contributed by atoms with E-state index in [1.165, 1.54) is 12.1 Å². The van der Waals surface area contributed by atoms with Gasteiger partial charge in [-0.3, -0.25) is 4.79 Å². The number of Topliss-reactive ketones (excluding diaryl/α,β-unsaturated/α-hetero) is 1. The standard InChI is InChI=1S/C10H9NO2/c11-7-1-2-10(13)8-3-5-9(12)6-4-8/h3-6,12H,1-2H2. The van der Waals surface area contributed by atoms with Gasteiger partial charge in [-0.05, 0) is 24.3 Å². The van der Waals surface area contributed by atoms with Crippen molar-refractivity contribution in [1.29, 1.82) is 5.26 Å². The second-order valence-electron chi connectivity index (χ2n) is 2.63. The van der Waals surface area contributed by atoms with Crippen molar-refractivity contribution in [3.8, 4) is 11.8 Å². The van der Waals surface area contributed by atoms with Gasteiger partial charge in [0.2, 0.25) is 0 Å². The average molecular weight is 175 g/mol. The normalized spacial score (nSPS) is 9.15. The first-order valence-electron chi connectivity index (χ1n) is 3.93. The van der Waals surface area contributed by atoms with Gasteiger partial charge in [0.05, 0.1) is 6.07 Å². The number of carbonyl (C=O) groups is 1. The van der Waals surface area contributed by atoms with Gasteiger partial charge < -0.3 is 5.11 Å². The summed E-state index contributed by atoms with van der Waals surface area (Å²) in [7, 11) is 0. The molecule has 0 amide bonds. The van der Waals surface area contributed by atoms with E-state index in [4.69, 9.17) is 10.4 Å². The molecule has 0 spiro atoms. The summed E-state index contributed by atoms with van der Waals surface area (Å²) in [6.45, 7) is 0. The van der Waals surface area contributed by atoms with Gasteiger partial charge in [0, 0.05) is 18.4 Å². The van der Waals surface area contributed by atoms with Gasteiger partial charge in [0.15, 0.2) is 5.78 Å². The molecule has 3 nitrogen and oxygen atoms in total. The first kappa shape index (κ1) is 9.27. The van der Waals surface area contributed by atoms with Crippen LogP contribution >= 0.6 is 0 Å². The van der Waals surface area contributed by atoms with Gasteiger partial charge in [-0.15, -0.1) is 0 Å². The van der Waals surface area contributed by atoms with Crippen LogP contribution in [0.25, 0.3) is 0 Å². The van der Waals surface area contributed by atoms with Crippen molar-refractivity contribution in [2.24, 2.45) is 0 Å². The third-order valence-corrected chi connectivity index (χ3v) is 1.65. The summed E-state index contributed by atoms with van der Waals surface area (Å²) in [5, 5.41) is 17.2. The van der Waals surface area contributed by atoms with E-state index in [9.17, 15) is 4.79 Å². The van der Waals surface area contributed by atoms with Crippen LogP contribution in [0.15, 0.2) is 24.3 Å². The molecule has 0 aliphatic carbocycles. The molecule has 0 aromatic heterocycles. The van der Waals surface area contributed by atoms with E-state index in [0.717, 1.165) is 0 Å². The Bertz CT molecular complexity index is 335. The molecule has 13 heavy (non-hydrogen) atoms. The lowest BCUT2D eigenvalue weighted by atomic mass is 10.1. The van der Waals surface area contributed by atoms with E-state index in [1.807, 2.05) is 6.07 Å². The predicted octanol–water partition coefficient (Wildman–Crippen LogP) is 1.88. The predicted molar refractivity (Wildman–Crippen MR) is 47.3 cm³/mol. The Labute approximate surface area is 76.2 Å². The van der Waals surface area contributed by atoms with Crippen LogP contribution in [-0.4, -0.2) is 10.9 Å². The summed E-state index contributed by atoms with van der Waals surface area (Å²) < 4.78 is 0. The number of benzene rings is 1. The highest BCUT2D eigenvalue weighted by Gasteiger charge is 2.04. The van der Waals surface area contributed by atoms with E-state index in [1.54, 1.807) is 12.1 Å². The molecule has 0 radical (unpaired) electrons. The van der Waals surface area contributed by atoms with Crippen LogP contribution < -0.4 is 0 Å². The molecule has 66 valence electrons. The molecule has 1 N–H and O–H groups in total. The zero-order valence-corrected chi connectivity index (χ0v) is 7.03. The molecule has 0 heterocycles. The van der Waals surface area contributed by atoms with Crippen molar-refractivity contribution >= 4 is 5.78 Å². The fourth-order valence-electron chi connectivity index (χ4n) is 0.961. The average Bonchev–Trinajstić information content (AvgIpc) is 2.15. The zero-order chi connectivity index (χ0) is 9.68. The minimum atomic E-state index is -0.0680. The fourth-order valence-corrected chi connectivity index (χ4v) is 0.961. The number of nitrogens with zero attached hydrogens (tertiary/aromatic N) is 1. The van der Waals surface area contributed by atoms with E-state index < -0.39 is 0 Å². The number of phenolic OH excluding ortho intramolecular Hbond substituents is 1. The molecule has 0 unspecified atom stereocenters. The van der Waals surface area contributed by atoms with Crippen molar-refractivity contribution < 1.29 is 9.90 Å². The Balaban J connectivity index is 2.68. The summed E-state index contributed by atoms with van der Waals surface area (Å²) in [4.78, 5) is 11.3. The molecule has 0 atom stereocenters. The number of nitriles is 1. The minimum absolute atomic E-state index is 0.0680. The molecule has 1 aromatic rings. The van der Waals surface area contributed by atoms with Gasteiger partial charge >= 0.3 is 0 Å². The maximum atomic E-state index is 11.3. The molecule has 0 fully saturated rings. The van der Waals surface area contributed by atoms with Crippen molar-refractivity contribution in [1.82, 2.24) is 0 Å². The molecule has 3 heteroatoms.